The van der Waals surface area contributed by atoms with Crippen molar-refractivity contribution in [2.24, 2.45) is 42.9 Å². The molecule has 0 spiro atoms. The smallest absolute Gasteiger partial charge is 0.220 e. The predicted octanol–water partition coefficient (Wildman–Crippen LogP) is 3.53. The van der Waals surface area contributed by atoms with Crippen molar-refractivity contribution in [3.05, 3.63) is 48.5 Å². The Balaban J connectivity index is 0.00000294. The van der Waals surface area contributed by atoms with Gasteiger partial charge in [0.1, 0.15) is 22.8 Å². The predicted molar refractivity (Wildman–Crippen MR) is 172 cm³/mol. The molecule has 0 unspecified atom stereocenters. The normalized spacial score (nSPS) is 17.2. The highest BCUT2D eigenvalue weighted by Gasteiger charge is 2.34. The summed E-state index contributed by atoms with van der Waals surface area (Å²) in [6.45, 7) is 8.96. The number of hydrogen-bond acceptors (Lipinski definition) is 12. The summed E-state index contributed by atoms with van der Waals surface area (Å²) in [6.07, 6.45) is 2.82. The Morgan fingerprint density at radius 1 is 0.585 bits per heavy atom. The number of hydrogen-bond donors (Lipinski definition) is 4. The molecule has 0 aromatic heterocycles. The number of rotatable bonds is 10. The molecule has 2 aliphatic rings. The largest absolute Gasteiger partial charge is 0.494 e. The van der Waals surface area contributed by atoms with Gasteiger partial charge in [-0.1, -0.05) is 0 Å². The Bertz CT molecular complexity index is 1190. The van der Waals surface area contributed by atoms with Gasteiger partial charge in [0.05, 0.1) is 13.2 Å². The molecule has 224 valence electrons. The Kier molecular flexibility index (Phi) is 11.1. The van der Waals surface area contributed by atoms with Crippen molar-refractivity contribution in [2.75, 3.05) is 23.0 Å². The van der Waals surface area contributed by atoms with Crippen molar-refractivity contribution >= 4 is 60.0 Å². The Labute approximate surface area is 253 Å². The summed E-state index contributed by atoms with van der Waals surface area (Å²) in [7, 11) is 0. The monoisotopic (exact) mass is 606 g/mol. The average molecular weight is 608 g/mol. The zero-order valence-corrected chi connectivity index (χ0v) is 25.4. The van der Waals surface area contributed by atoms with E-state index in [1.807, 2.05) is 86.0 Å². The van der Waals surface area contributed by atoms with E-state index in [0.717, 1.165) is 42.1 Å². The molecule has 0 fully saturated rings. The summed E-state index contributed by atoms with van der Waals surface area (Å²) in [6, 6.07) is 15.4. The van der Waals surface area contributed by atoms with Crippen LogP contribution in [0.2, 0.25) is 0 Å². The molecule has 0 aliphatic carbocycles. The first-order chi connectivity index (χ1) is 18.5. The van der Waals surface area contributed by atoms with Crippen LogP contribution in [-0.4, -0.2) is 48.4 Å². The van der Waals surface area contributed by atoms with Crippen LogP contribution in [-0.2, 0) is 0 Å². The van der Waals surface area contributed by atoms with Gasteiger partial charge in [-0.05, 0) is 95.5 Å². The van der Waals surface area contributed by atoms with Gasteiger partial charge in [0.2, 0.25) is 23.8 Å². The molecule has 8 N–H and O–H groups in total. The number of ether oxygens (including phenoxy) is 2. The number of aliphatic imine (C=N–C) groups is 4. The molecule has 0 bridgehead atoms. The highest BCUT2D eigenvalue weighted by molar-refractivity contribution is 6.06. The lowest BCUT2D eigenvalue weighted by molar-refractivity contribution is 0.279. The van der Waals surface area contributed by atoms with Gasteiger partial charge in [-0.15, -0.1) is 24.8 Å². The van der Waals surface area contributed by atoms with Gasteiger partial charge in [0.25, 0.3) is 0 Å². The van der Waals surface area contributed by atoms with E-state index in [9.17, 15) is 0 Å². The van der Waals surface area contributed by atoms with Crippen LogP contribution in [0, 0.1) is 0 Å². The van der Waals surface area contributed by atoms with Crippen molar-refractivity contribution in [1.82, 2.24) is 0 Å². The number of nitrogens with two attached hydrogens (primary N) is 4. The molecule has 2 aromatic carbocycles. The van der Waals surface area contributed by atoms with Gasteiger partial charge in [0.15, 0.2) is 0 Å². The van der Waals surface area contributed by atoms with E-state index in [1.54, 1.807) is 0 Å². The minimum atomic E-state index is -0.625. The third-order valence-corrected chi connectivity index (χ3v) is 6.30. The molecular weight excluding hydrogens is 567 g/mol. The average Bonchev–Trinajstić information content (AvgIpc) is 2.83. The van der Waals surface area contributed by atoms with Crippen LogP contribution in [0.15, 0.2) is 68.5 Å². The van der Waals surface area contributed by atoms with Crippen LogP contribution in [0.4, 0.5) is 11.4 Å². The maximum Gasteiger partial charge on any atom is 0.220 e. The highest BCUT2D eigenvalue weighted by Crippen LogP contribution is 2.30. The maximum atomic E-state index is 6.10. The van der Waals surface area contributed by atoms with Crippen LogP contribution >= 0.6 is 24.8 Å². The van der Waals surface area contributed by atoms with Crippen LogP contribution in [0.5, 0.6) is 11.5 Å². The number of anilines is 2. The molecule has 0 radical (unpaired) electrons. The van der Waals surface area contributed by atoms with E-state index < -0.39 is 11.3 Å². The lowest BCUT2D eigenvalue weighted by atomic mass is 10.1. The number of guanidine groups is 4. The van der Waals surface area contributed by atoms with E-state index in [-0.39, 0.29) is 36.7 Å². The maximum absolute atomic E-state index is 6.10. The molecule has 0 saturated heterocycles. The van der Waals surface area contributed by atoms with Gasteiger partial charge in [-0.25, -0.2) is 9.98 Å². The van der Waals surface area contributed by atoms with E-state index in [2.05, 4.69) is 20.0 Å². The molecule has 2 aliphatic heterocycles. The lowest BCUT2D eigenvalue weighted by Gasteiger charge is -2.38. The molecular formula is C27H40Cl2N10O2. The first kappa shape index (κ1) is 33.3. The first-order valence-electron chi connectivity index (χ1n) is 12.9. The zero-order chi connectivity index (χ0) is 28.2. The van der Waals surface area contributed by atoms with Gasteiger partial charge >= 0.3 is 0 Å². The fourth-order valence-electron chi connectivity index (χ4n) is 4.65. The fraction of sp³-hybridized carbons (Fsp3) is 0.407. The molecule has 0 saturated carbocycles. The minimum absolute atomic E-state index is 0. The molecule has 2 aromatic rings. The van der Waals surface area contributed by atoms with E-state index in [1.165, 1.54) is 0 Å². The van der Waals surface area contributed by atoms with Crippen LogP contribution in [0.3, 0.4) is 0 Å². The van der Waals surface area contributed by atoms with Gasteiger partial charge in [0, 0.05) is 11.4 Å². The lowest BCUT2D eigenvalue weighted by Crippen LogP contribution is -2.54. The van der Waals surface area contributed by atoms with Gasteiger partial charge in [-0.2, -0.15) is 9.98 Å². The minimum Gasteiger partial charge on any atom is -0.494 e. The summed E-state index contributed by atoms with van der Waals surface area (Å²) in [5.41, 5.74) is 24.2. The van der Waals surface area contributed by atoms with E-state index >= 15 is 0 Å². The fourth-order valence-corrected chi connectivity index (χ4v) is 4.65. The molecule has 12 nitrogen and oxygen atoms in total. The SMILES string of the molecule is CC1(C)N=C(N)N=C(N)N1c1ccc(OCCCCCOc2ccc(N3C(N)=NC(N)=NC3(C)C)cc2)cc1.Cl.Cl. The number of unbranched alkanes of at least 4 members (excludes halogenated alkanes) is 2. The quantitative estimate of drug-likeness (QED) is 0.296. The van der Waals surface area contributed by atoms with Gasteiger partial charge < -0.3 is 32.4 Å². The summed E-state index contributed by atoms with van der Waals surface area (Å²) in [5.74, 6) is 2.56. The van der Waals surface area contributed by atoms with Crippen molar-refractivity contribution in [1.29, 1.82) is 0 Å². The summed E-state index contributed by atoms with van der Waals surface area (Å²) < 4.78 is 11.8. The first-order valence-corrected chi connectivity index (χ1v) is 12.9. The van der Waals surface area contributed by atoms with Crippen molar-refractivity contribution in [3.8, 4) is 11.5 Å². The van der Waals surface area contributed by atoms with E-state index in [4.69, 9.17) is 32.4 Å². The topological polar surface area (TPSA) is 178 Å². The molecule has 4 rings (SSSR count). The second-order valence-electron chi connectivity index (χ2n) is 10.3. The van der Waals surface area contributed by atoms with Crippen molar-refractivity contribution < 1.29 is 9.47 Å². The molecule has 2 heterocycles. The summed E-state index contributed by atoms with van der Waals surface area (Å²) in [4.78, 5) is 20.6. The van der Waals surface area contributed by atoms with E-state index in [0.29, 0.717) is 25.1 Å². The number of benzene rings is 2. The second-order valence-corrected chi connectivity index (χ2v) is 10.3. The Hall–Kier alpha value is -3.90. The third-order valence-electron chi connectivity index (χ3n) is 6.30. The molecule has 0 atom stereocenters. The van der Waals surface area contributed by atoms with Crippen LogP contribution in [0.25, 0.3) is 0 Å². The second kappa shape index (κ2) is 13.6. The zero-order valence-electron chi connectivity index (χ0n) is 23.8. The summed E-state index contributed by atoms with van der Waals surface area (Å²) >= 11 is 0. The highest BCUT2D eigenvalue weighted by atomic mass is 35.5. The third kappa shape index (κ3) is 8.08. The molecule has 0 amide bonds. The van der Waals surface area contributed by atoms with Crippen molar-refractivity contribution in [3.63, 3.8) is 0 Å². The van der Waals surface area contributed by atoms with Crippen LogP contribution < -0.4 is 42.2 Å². The summed E-state index contributed by atoms with van der Waals surface area (Å²) in [5, 5.41) is 0. The number of nitrogens with zero attached hydrogens (tertiary/aromatic N) is 6. The van der Waals surface area contributed by atoms with Crippen molar-refractivity contribution in [2.45, 2.75) is 58.3 Å². The molecule has 14 heteroatoms. The number of halogens is 2. The molecule has 41 heavy (non-hydrogen) atoms. The van der Waals surface area contributed by atoms with Gasteiger partial charge in [-0.3, -0.25) is 9.80 Å². The Morgan fingerprint density at radius 2 is 0.927 bits per heavy atom. The van der Waals surface area contributed by atoms with Crippen LogP contribution in [0.1, 0.15) is 47.0 Å². The standard InChI is InChI=1S/C27H38N10O2.2ClH/c1-26(2)34-22(28)32-24(30)36(26)18-8-12-20(13-9-18)38-16-6-5-7-17-39-21-14-10-19(11-15-21)37-25(31)33-23(29)35-27(37,3)4;;/h8-15H,5-7,16-17H2,1-4H3,(H4,28,30,32,34)(H4,29,31,33,35);2*1H. The Morgan fingerprint density at radius 3 is 1.24 bits per heavy atom.